The summed E-state index contributed by atoms with van der Waals surface area (Å²) in [4.78, 5) is 0. The van der Waals surface area contributed by atoms with Crippen LogP contribution in [0.25, 0.3) is 0 Å². The molecule has 0 aliphatic heterocycles. The molecule has 0 aromatic rings. The molecule has 64 valence electrons. The molecule has 11 heavy (non-hydrogen) atoms. The Morgan fingerprint density at radius 3 is 1.91 bits per heavy atom. The number of rotatable bonds is 3. The van der Waals surface area contributed by atoms with Crippen molar-refractivity contribution in [2.24, 2.45) is 0 Å². The zero-order valence-corrected chi connectivity index (χ0v) is 9.03. The van der Waals surface area contributed by atoms with Gasteiger partial charge in [-0.25, -0.2) is 0 Å². The van der Waals surface area contributed by atoms with Gasteiger partial charge in [0.1, 0.15) is 0 Å². The summed E-state index contributed by atoms with van der Waals surface area (Å²) in [5.41, 5.74) is 1.31. The van der Waals surface area contributed by atoms with Gasteiger partial charge < -0.3 is 4.43 Å². The Hall–Kier alpha value is -0.0831. The first-order valence-electron chi connectivity index (χ1n) is 4.22. The monoisotopic (exact) mass is 170 g/mol. The minimum atomic E-state index is -1.35. The highest BCUT2D eigenvalue weighted by Crippen LogP contribution is 2.46. The molecule has 0 aromatic heterocycles. The molecule has 1 aliphatic rings. The molecule has 0 atom stereocenters. The zero-order valence-electron chi connectivity index (χ0n) is 8.03. The maximum absolute atomic E-state index is 6.04. The quantitative estimate of drug-likeness (QED) is 0.467. The average molecular weight is 170 g/mol. The van der Waals surface area contributed by atoms with Gasteiger partial charge in [-0.3, -0.25) is 0 Å². The summed E-state index contributed by atoms with van der Waals surface area (Å²) in [5, 5.41) is 0. The predicted octanol–water partition coefficient (Wildman–Crippen LogP) is 2.95. The third kappa shape index (κ3) is 2.17. The van der Waals surface area contributed by atoms with Crippen molar-refractivity contribution in [3.63, 3.8) is 0 Å². The first-order valence-corrected chi connectivity index (χ1v) is 7.63. The van der Waals surface area contributed by atoms with Gasteiger partial charge in [0, 0.05) is 0 Å². The van der Waals surface area contributed by atoms with Crippen LogP contribution in [-0.4, -0.2) is 13.9 Å². The van der Waals surface area contributed by atoms with Crippen LogP contribution >= 0.6 is 0 Å². The summed E-state index contributed by atoms with van der Waals surface area (Å²) < 4.78 is 6.04. The van der Waals surface area contributed by atoms with Crippen LogP contribution in [0.5, 0.6) is 0 Å². The van der Waals surface area contributed by atoms with E-state index in [4.69, 9.17) is 4.43 Å². The largest absolute Gasteiger partial charge is 0.409 e. The Labute approximate surface area is 70.6 Å². The first kappa shape index (κ1) is 9.01. The van der Waals surface area contributed by atoms with Crippen molar-refractivity contribution in [2.75, 3.05) is 0 Å². The van der Waals surface area contributed by atoms with E-state index in [0.29, 0.717) is 0 Å². The topological polar surface area (TPSA) is 9.23 Å². The van der Waals surface area contributed by atoms with Gasteiger partial charge in [0.05, 0.1) is 5.60 Å². The molecule has 1 fully saturated rings. The van der Waals surface area contributed by atoms with E-state index in [-0.39, 0.29) is 5.60 Å². The van der Waals surface area contributed by atoms with Gasteiger partial charge >= 0.3 is 0 Å². The summed E-state index contributed by atoms with van der Waals surface area (Å²) in [6.45, 7) is 12.7. The lowest BCUT2D eigenvalue weighted by atomic mass is 10.2. The molecular weight excluding hydrogens is 152 g/mol. The van der Waals surface area contributed by atoms with Crippen LogP contribution in [0, 0.1) is 0 Å². The maximum Gasteiger partial charge on any atom is 0.184 e. The highest BCUT2D eigenvalue weighted by Gasteiger charge is 2.47. The normalized spacial score (nSPS) is 21.5. The summed E-state index contributed by atoms with van der Waals surface area (Å²) in [6.07, 6.45) is 2.37. The van der Waals surface area contributed by atoms with Gasteiger partial charge in [0.2, 0.25) is 0 Å². The summed E-state index contributed by atoms with van der Waals surface area (Å²) in [7, 11) is -1.35. The second-order valence-electron chi connectivity index (χ2n) is 4.49. The Morgan fingerprint density at radius 2 is 1.82 bits per heavy atom. The lowest BCUT2D eigenvalue weighted by molar-refractivity contribution is 0.209. The molecule has 1 nitrogen and oxygen atoms in total. The molecule has 1 aliphatic carbocycles. The van der Waals surface area contributed by atoms with Crippen LogP contribution in [0.2, 0.25) is 19.6 Å². The van der Waals surface area contributed by atoms with Crippen molar-refractivity contribution in [1.29, 1.82) is 0 Å². The van der Waals surface area contributed by atoms with Crippen LogP contribution in [-0.2, 0) is 4.43 Å². The minimum absolute atomic E-state index is 0.102. The molecular formula is C9H18OSi. The lowest BCUT2D eigenvalue weighted by Gasteiger charge is -2.26. The smallest absolute Gasteiger partial charge is 0.184 e. The average Bonchev–Trinajstić information content (AvgIpc) is 2.43. The van der Waals surface area contributed by atoms with E-state index in [9.17, 15) is 0 Å². The van der Waals surface area contributed by atoms with E-state index < -0.39 is 8.32 Å². The van der Waals surface area contributed by atoms with Crippen LogP contribution in [0.3, 0.4) is 0 Å². The molecule has 0 unspecified atom stereocenters. The van der Waals surface area contributed by atoms with Crippen LogP contribution in [0.1, 0.15) is 19.8 Å². The van der Waals surface area contributed by atoms with Gasteiger partial charge in [-0.2, -0.15) is 0 Å². The highest BCUT2D eigenvalue weighted by atomic mass is 28.4. The third-order valence-corrected chi connectivity index (χ3v) is 2.99. The van der Waals surface area contributed by atoms with Gasteiger partial charge in [-0.1, -0.05) is 12.2 Å². The fourth-order valence-corrected chi connectivity index (χ4v) is 2.87. The van der Waals surface area contributed by atoms with E-state index in [2.05, 4.69) is 33.1 Å². The zero-order chi connectivity index (χ0) is 8.70. The summed E-state index contributed by atoms with van der Waals surface area (Å²) >= 11 is 0. The molecule has 0 N–H and O–H groups in total. The van der Waals surface area contributed by atoms with Crippen molar-refractivity contribution in [3.8, 4) is 0 Å². The first-order chi connectivity index (χ1) is 4.86. The second kappa shape index (κ2) is 2.46. The number of hydrogen-bond acceptors (Lipinski definition) is 1. The lowest BCUT2D eigenvalue weighted by Crippen LogP contribution is -2.33. The third-order valence-electron chi connectivity index (χ3n) is 1.98. The molecule has 0 heterocycles. The standard InChI is InChI=1S/C9H18OSi/c1-8(2)9(6-7-9)10-11(3,4)5/h1,6-7H2,2-5H3. The molecule has 1 rings (SSSR count). The fourth-order valence-electron chi connectivity index (χ4n) is 1.32. The van der Waals surface area contributed by atoms with Gasteiger partial charge in [0.15, 0.2) is 8.32 Å². The van der Waals surface area contributed by atoms with Crippen LogP contribution < -0.4 is 0 Å². The van der Waals surface area contributed by atoms with E-state index in [0.717, 1.165) is 0 Å². The second-order valence-corrected chi connectivity index (χ2v) is 8.92. The van der Waals surface area contributed by atoms with E-state index >= 15 is 0 Å². The van der Waals surface area contributed by atoms with Crippen molar-refractivity contribution >= 4 is 8.32 Å². The molecule has 0 saturated heterocycles. The molecule has 1 saturated carbocycles. The molecule has 0 spiro atoms. The highest BCUT2D eigenvalue weighted by molar-refractivity contribution is 6.69. The van der Waals surface area contributed by atoms with Crippen molar-refractivity contribution < 1.29 is 4.43 Å². The number of hydrogen-bond donors (Lipinski definition) is 0. The molecule has 2 heteroatoms. The molecule has 0 radical (unpaired) electrons. The minimum Gasteiger partial charge on any atom is -0.409 e. The SMILES string of the molecule is C=C(C)C1(O[Si](C)(C)C)CC1. The Morgan fingerprint density at radius 1 is 1.36 bits per heavy atom. The predicted molar refractivity (Wildman–Crippen MR) is 51.2 cm³/mol. The summed E-state index contributed by atoms with van der Waals surface area (Å²) in [6, 6.07) is 0. The van der Waals surface area contributed by atoms with E-state index in [1.807, 2.05) is 0 Å². The Bertz CT molecular complexity index is 174. The molecule has 0 aromatic carbocycles. The van der Waals surface area contributed by atoms with Crippen molar-refractivity contribution in [1.82, 2.24) is 0 Å². The van der Waals surface area contributed by atoms with Gasteiger partial charge in [0.25, 0.3) is 0 Å². The van der Waals surface area contributed by atoms with Crippen LogP contribution in [0.15, 0.2) is 12.2 Å². The van der Waals surface area contributed by atoms with Crippen molar-refractivity contribution in [2.45, 2.75) is 45.0 Å². The Kier molecular flexibility index (Phi) is 2.01. The van der Waals surface area contributed by atoms with E-state index in [1.54, 1.807) is 0 Å². The molecule has 0 amide bonds. The Balaban J connectivity index is 2.55. The summed E-state index contributed by atoms with van der Waals surface area (Å²) in [5.74, 6) is 0. The molecule has 0 bridgehead atoms. The van der Waals surface area contributed by atoms with Gasteiger partial charge in [-0.15, -0.1) is 0 Å². The van der Waals surface area contributed by atoms with E-state index in [1.165, 1.54) is 18.4 Å². The van der Waals surface area contributed by atoms with Crippen molar-refractivity contribution in [3.05, 3.63) is 12.2 Å². The van der Waals surface area contributed by atoms with Gasteiger partial charge in [-0.05, 0) is 39.4 Å². The van der Waals surface area contributed by atoms with Crippen LogP contribution in [0.4, 0.5) is 0 Å². The maximum atomic E-state index is 6.04. The fraction of sp³-hybridized carbons (Fsp3) is 0.778.